The summed E-state index contributed by atoms with van der Waals surface area (Å²) in [6.45, 7) is 5.55. The molecule has 0 saturated heterocycles. The molecule has 0 spiro atoms. The summed E-state index contributed by atoms with van der Waals surface area (Å²) < 4.78 is 0. The second kappa shape index (κ2) is 8.86. The SMILES string of the molecule is CCC(CNC(=O)N(C)Cc1ccccc1)N1CCc2ccccc2C1. The van der Waals surface area contributed by atoms with Crippen molar-refractivity contribution in [2.75, 3.05) is 20.1 Å². The van der Waals surface area contributed by atoms with E-state index in [2.05, 4.69) is 41.4 Å². The molecule has 1 aliphatic rings. The molecule has 1 heterocycles. The predicted octanol–water partition coefficient (Wildman–Crippen LogP) is 3.66. The first-order valence-electron chi connectivity index (χ1n) is 9.51. The Labute approximate surface area is 156 Å². The number of carbonyl (C=O) groups is 1. The largest absolute Gasteiger partial charge is 0.336 e. The lowest BCUT2D eigenvalue weighted by molar-refractivity contribution is 0.163. The zero-order valence-electron chi connectivity index (χ0n) is 15.8. The van der Waals surface area contributed by atoms with E-state index < -0.39 is 0 Å². The number of carbonyl (C=O) groups excluding carboxylic acids is 1. The van der Waals surface area contributed by atoms with E-state index in [1.165, 1.54) is 11.1 Å². The molecule has 2 aromatic carbocycles. The van der Waals surface area contributed by atoms with Crippen LogP contribution in [0.5, 0.6) is 0 Å². The molecule has 0 radical (unpaired) electrons. The molecular formula is C22H29N3O. The number of benzene rings is 2. The van der Waals surface area contributed by atoms with Crippen LogP contribution >= 0.6 is 0 Å². The number of hydrogen-bond donors (Lipinski definition) is 1. The van der Waals surface area contributed by atoms with Gasteiger partial charge in [0.25, 0.3) is 0 Å². The average molecular weight is 351 g/mol. The highest BCUT2D eigenvalue weighted by molar-refractivity contribution is 5.73. The third kappa shape index (κ3) is 4.64. The molecule has 0 aromatic heterocycles. The van der Waals surface area contributed by atoms with Gasteiger partial charge in [0.05, 0.1) is 0 Å². The monoisotopic (exact) mass is 351 g/mol. The Morgan fingerprint density at radius 2 is 1.81 bits per heavy atom. The van der Waals surface area contributed by atoms with E-state index >= 15 is 0 Å². The fourth-order valence-electron chi connectivity index (χ4n) is 3.63. The van der Waals surface area contributed by atoms with Crippen LogP contribution in [0.4, 0.5) is 4.79 Å². The zero-order valence-corrected chi connectivity index (χ0v) is 15.8. The van der Waals surface area contributed by atoms with Crippen LogP contribution in [-0.2, 0) is 19.5 Å². The molecule has 1 atom stereocenters. The molecule has 4 heteroatoms. The van der Waals surface area contributed by atoms with Gasteiger partial charge in [0.1, 0.15) is 0 Å². The molecular weight excluding hydrogens is 322 g/mol. The molecule has 138 valence electrons. The van der Waals surface area contributed by atoms with Crippen molar-refractivity contribution in [3.05, 3.63) is 71.3 Å². The molecule has 1 aliphatic heterocycles. The average Bonchev–Trinajstić information content (AvgIpc) is 2.69. The van der Waals surface area contributed by atoms with Gasteiger partial charge in [0.2, 0.25) is 0 Å². The highest BCUT2D eigenvalue weighted by Gasteiger charge is 2.23. The topological polar surface area (TPSA) is 35.6 Å². The molecule has 0 fully saturated rings. The smallest absolute Gasteiger partial charge is 0.317 e. The minimum Gasteiger partial charge on any atom is -0.336 e. The van der Waals surface area contributed by atoms with Gasteiger partial charge in [0.15, 0.2) is 0 Å². The third-order valence-corrected chi connectivity index (χ3v) is 5.25. The van der Waals surface area contributed by atoms with Crippen molar-refractivity contribution in [1.82, 2.24) is 15.1 Å². The maximum Gasteiger partial charge on any atom is 0.317 e. The fourth-order valence-corrected chi connectivity index (χ4v) is 3.63. The van der Waals surface area contributed by atoms with Gasteiger partial charge in [-0.1, -0.05) is 61.5 Å². The summed E-state index contributed by atoms with van der Waals surface area (Å²) in [7, 11) is 1.85. The zero-order chi connectivity index (χ0) is 18.4. The Balaban J connectivity index is 1.51. The van der Waals surface area contributed by atoms with Crippen LogP contribution < -0.4 is 5.32 Å². The van der Waals surface area contributed by atoms with E-state index in [0.717, 1.165) is 31.5 Å². The van der Waals surface area contributed by atoms with Crippen molar-refractivity contribution in [2.45, 2.75) is 38.9 Å². The number of hydrogen-bond acceptors (Lipinski definition) is 2. The Morgan fingerprint density at radius 3 is 2.54 bits per heavy atom. The van der Waals surface area contributed by atoms with Crippen molar-refractivity contribution >= 4 is 6.03 Å². The fraction of sp³-hybridized carbons (Fsp3) is 0.409. The summed E-state index contributed by atoms with van der Waals surface area (Å²) in [6, 6.07) is 19.1. The number of fused-ring (bicyclic) bond motifs is 1. The van der Waals surface area contributed by atoms with Crippen LogP contribution in [0.1, 0.15) is 30.0 Å². The lowest BCUT2D eigenvalue weighted by Gasteiger charge is -2.35. The van der Waals surface area contributed by atoms with E-state index in [0.29, 0.717) is 19.1 Å². The predicted molar refractivity (Wildman–Crippen MR) is 106 cm³/mol. The second-order valence-electron chi connectivity index (χ2n) is 7.08. The van der Waals surface area contributed by atoms with E-state index in [4.69, 9.17) is 0 Å². The Bertz CT molecular complexity index is 716. The second-order valence-corrected chi connectivity index (χ2v) is 7.08. The van der Waals surface area contributed by atoms with E-state index in [9.17, 15) is 4.79 Å². The number of nitrogens with one attached hydrogen (secondary N) is 1. The van der Waals surface area contributed by atoms with Gasteiger partial charge in [-0.3, -0.25) is 4.90 Å². The molecule has 1 N–H and O–H groups in total. The summed E-state index contributed by atoms with van der Waals surface area (Å²) in [5, 5.41) is 3.12. The first-order chi connectivity index (χ1) is 12.7. The molecule has 2 aromatic rings. The number of urea groups is 1. The van der Waals surface area contributed by atoms with E-state index in [1.54, 1.807) is 4.90 Å². The summed E-state index contributed by atoms with van der Waals surface area (Å²) in [6.07, 6.45) is 2.12. The van der Waals surface area contributed by atoms with Gasteiger partial charge in [0, 0.05) is 39.3 Å². The first-order valence-corrected chi connectivity index (χ1v) is 9.51. The van der Waals surface area contributed by atoms with E-state index in [1.807, 2.05) is 37.4 Å². The summed E-state index contributed by atoms with van der Waals surface area (Å²) in [5.74, 6) is 0. The molecule has 4 nitrogen and oxygen atoms in total. The minimum absolute atomic E-state index is 0.00953. The Hall–Kier alpha value is -2.33. The van der Waals surface area contributed by atoms with Crippen molar-refractivity contribution in [2.24, 2.45) is 0 Å². The molecule has 1 unspecified atom stereocenters. The van der Waals surface area contributed by atoms with Gasteiger partial charge < -0.3 is 10.2 Å². The van der Waals surface area contributed by atoms with Crippen LogP contribution in [0, 0.1) is 0 Å². The van der Waals surface area contributed by atoms with Crippen LogP contribution in [0.2, 0.25) is 0 Å². The van der Waals surface area contributed by atoms with Gasteiger partial charge in [-0.15, -0.1) is 0 Å². The Morgan fingerprint density at radius 1 is 1.12 bits per heavy atom. The highest BCUT2D eigenvalue weighted by Crippen LogP contribution is 2.21. The standard InChI is InChI=1S/C22H29N3O/c1-3-21(25-14-13-19-11-7-8-12-20(19)17-25)15-23-22(26)24(2)16-18-9-5-4-6-10-18/h4-12,21H,3,13-17H2,1-2H3,(H,23,26). The van der Waals surface area contributed by atoms with Crippen LogP contribution in [0.15, 0.2) is 54.6 Å². The molecule has 0 aliphatic carbocycles. The maximum atomic E-state index is 12.4. The first kappa shape index (κ1) is 18.5. The van der Waals surface area contributed by atoms with Crippen molar-refractivity contribution in [3.8, 4) is 0 Å². The van der Waals surface area contributed by atoms with Gasteiger partial charge in [-0.25, -0.2) is 4.79 Å². The van der Waals surface area contributed by atoms with Crippen LogP contribution in [0.3, 0.4) is 0 Å². The third-order valence-electron chi connectivity index (χ3n) is 5.25. The van der Waals surface area contributed by atoms with Gasteiger partial charge >= 0.3 is 6.03 Å². The Kier molecular flexibility index (Phi) is 6.29. The lowest BCUT2D eigenvalue weighted by Crippen LogP contribution is -2.48. The molecule has 0 saturated carbocycles. The molecule has 2 amide bonds. The van der Waals surface area contributed by atoms with Gasteiger partial charge in [-0.2, -0.15) is 0 Å². The number of amides is 2. The van der Waals surface area contributed by atoms with Crippen LogP contribution in [-0.4, -0.2) is 42.0 Å². The van der Waals surface area contributed by atoms with Gasteiger partial charge in [-0.05, 0) is 29.5 Å². The summed E-state index contributed by atoms with van der Waals surface area (Å²) >= 11 is 0. The maximum absolute atomic E-state index is 12.4. The number of rotatable bonds is 6. The van der Waals surface area contributed by atoms with Crippen LogP contribution in [0.25, 0.3) is 0 Å². The van der Waals surface area contributed by atoms with Crippen molar-refractivity contribution < 1.29 is 4.79 Å². The van der Waals surface area contributed by atoms with Crippen molar-refractivity contribution in [1.29, 1.82) is 0 Å². The quantitative estimate of drug-likeness (QED) is 0.862. The highest BCUT2D eigenvalue weighted by atomic mass is 16.2. The summed E-state index contributed by atoms with van der Waals surface area (Å²) in [5.41, 5.74) is 4.03. The summed E-state index contributed by atoms with van der Waals surface area (Å²) in [4.78, 5) is 16.7. The minimum atomic E-state index is -0.00953. The van der Waals surface area contributed by atoms with E-state index in [-0.39, 0.29) is 6.03 Å². The number of nitrogens with zero attached hydrogens (tertiary/aromatic N) is 2. The molecule has 26 heavy (non-hydrogen) atoms. The molecule has 0 bridgehead atoms. The lowest BCUT2D eigenvalue weighted by atomic mass is 9.98. The molecule has 3 rings (SSSR count). The normalized spacial score (nSPS) is 15.2. The van der Waals surface area contributed by atoms with Crippen molar-refractivity contribution in [3.63, 3.8) is 0 Å².